The van der Waals surface area contributed by atoms with Crippen molar-refractivity contribution in [3.8, 4) is 5.75 Å². The first-order valence-corrected chi connectivity index (χ1v) is 9.01. The van der Waals surface area contributed by atoms with Gasteiger partial charge in [-0.25, -0.2) is 0 Å². The summed E-state index contributed by atoms with van der Waals surface area (Å²) in [7, 11) is 0. The molecule has 1 aromatic rings. The molecular weight excluding hydrogens is 302 g/mol. The van der Waals surface area contributed by atoms with Crippen molar-refractivity contribution in [2.24, 2.45) is 0 Å². The Morgan fingerprint density at radius 3 is 2.50 bits per heavy atom. The lowest BCUT2D eigenvalue weighted by Crippen LogP contribution is -2.43. The van der Waals surface area contributed by atoms with Gasteiger partial charge in [0.1, 0.15) is 11.9 Å². The smallest absolute Gasteiger partial charge is 0.122 e. The number of piperidine rings is 1. The Balaban J connectivity index is 1.74. The van der Waals surface area contributed by atoms with E-state index in [1.54, 1.807) is 0 Å². The molecule has 1 N–H and O–H groups in total. The number of nitrogens with zero attached hydrogens (tertiary/aromatic N) is 1. The van der Waals surface area contributed by atoms with Gasteiger partial charge in [-0.2, -0.15) is 0 Å². The van der Waals surface area contributed by atoms with Crippen molar-refractivity contribution >= 4 is 0 Å². The highest BCUT2D eigenvalue weighted by Gasteiger charge is 2.23. The predicted molar refractivity (Wildman–Crippen MR) is 97.7 cm³/mol. The zero-order valence-corrected chi connectivity index (χ0v) is 15.8. The molecule has 4 heteroatoms. The van der Waals surface area contributed by atoms with Gasteiger partial charge >= 0.3 is 0 Å². The first-order valence-electron chi connectivity index (χ1n) is 9.01. The van der Waals surface area contributed by atoms with Crippen molar-refractivity contribution in [3.63, 3.8) is 0 Å². The fourth-order valence-electron chi connectivity index (χ4n) is 2.92. The molecule has 1 saturated heterocycles. The summed E-state index contributed by atoms with van der Waals surface area (Å²) in [6, 6.07) is 6.35. The van der Waals surface area contributed by atoms with Crippen LogP contribution in [0.5, 0.6) is 5.75 Å². The van der Waals surface area contributed by atoms with E-state index in [9.17, 15) is 5.11 Å². The van der Waals surface area contributed by atoms with Gasteiger partial charge in [-0.3, -0.25) is 0 Å². The van der Waals surface area contributed by atoms with Crippen molar-refractivity contribution < 1.29 is 14.6 Å². The van der Waals surface area contributed by atoms with Crippen LogP contribution in [0.25, 0.3) is 0 Å². The minimum absolute atomic E-state index is 0.201. The van der Waals surface area contributed by atoms with Gasteiger partial charge in [-0.15, -0.1) is 0 Å². The summed E-state index contributed by atoms with van der Waals surface area (Å²) < 4.78 is 11.9. The molecule has 2 rings (SSSR count). The summed E-state index contributed by atoms with van der Waals surface area (Å²) in [5, 5.41) is 10.1. The second-order valence-electron chi connectivity index (χ2n) is 7.96. The van der Waals surface area contributed by atoms with Crippen LogP contribution in [0.4, 0.5) is 0 Å². The van der Waals surface area contributed by atoms with Crippen LogP contribution < -0.4 is 4.74 Å². The number of aliphatic hydroxyl groups excluding tert-OH is 1. The molecule has 0 radical (unpaired) electrons. The molecular formula is C20H33NO3. The van der Waals surface area contributed by atoms with E-state index in [-0.39, 0.29) is 11.7 Å². The fraction of sp³-hybridized carbons (Fsp3) is 0.700. The zero-order chi connectivity index (χ0) is 17.7. The van der Waals surface area contributed by atoms with Crippen LogP contribution >= 0.6 is 0 Å². The number of aryl methyl sites for hydroxylation is 2. The van der Waals surface area contributed by atoms with E-state index in [1.807, 2.05) is 20.8 Å². The van der Waals surface area contributed by atoms with E-state index in [0.717, 1.165) is 31.7 Å². The monoisotopic (exact) mass is 335 g/mol. The number of aliphatic hydroxyl groups is 1. The highest BCUT2D eigenvalue weighted by atomic mass is 16.5. The molecule has 1 heterocycles. The van der Waals surface area contributed by atoms with E-state index in [2.05, 4.69) is 36.9 Å². The Morgan fingerprint density at radius 2 is 1.88 bits per heavy atom. The first kappa shape index (κ1) is 19.2. The van der Waals surface area contributed by atoms with Crippen LogP contribution in [0.3, 0.4) is 0 Å². The quantitative estimate of drug-likeness (QED) is 0.866. The number of β-amino-alcohol motifs (C(OH)–C–C–N with tert-alkyl or cyclic N) is 1. The second-order valence-corrected chi connectivity index (χ2v) is 7.96. The SMILES string of the molecule is Cc1ccc(C)c(OC2CCN(CC(O)COC(C)(C)C)CC2)c1. The summed E-state index contributed by atoms with van der Waals surface area (Å²) >= 11 is 0. The summed E-state index contributed by atoms with van der Waals surface area (Å²) in [4.78, 5) is 2.31. The summed E-state index contributed by atoms with van der Waals surface area (Å²) in [6.45, 7) is 13.2. The van der Waals surface area contributed by atoms with Crippen molar-refractivity contribution in [2.75, 3.05) is 26.2 Å². The number of likely N-dealkylation sites (tertiary alicyclic amines) is 1. The van der Waals surface area contributed by atoms with Gasteiger partial charge in [0.05, 0.1) is 18.3 Å². The van der Waals surface area contributed by atoms with E-state index in [4.69, 9.17) is 9.47 Å². The van der Waals surface area contributed by atoms with E-state index in [0.29, 0.717) is 13.2 Å². The Morgan fingerprint density at radius 1 is 1.21 bits per heavy atom. The molecule has 136 valence electrons. The molecule has 0 spiro atoms. The Bertz CT molecular complexity index is 516. The average molecular weight is 335 g/mol. The topological polar surface area (TPSA) is 41.9 Å². The number of benzene rings is 1. The van der Waals surface area contributed by atoms with Crippen LogP contribution in [-0.4, -0.2) is 54.1 Å². The fourth-order valence-corrected chi connectivity index (χ4v) is 2.92. The Kier molecular flexibility index (Phi) is 6.67. The molecule has 1 unspecified atom stereocenters. The Labute approximate surface area is 146 Å². The van der Waals surface area contributed by atoms with Gasteiger partial charge in [0.15, 0.2) is 0 Å². The lowest BCUT2D eigenvalue weighted by molar-refractivity contribution is -0.0588. The van der Waals surface area contributed by atoms with Crippen LogP contribution in [0.2, 0.25) is 0 Å². The molecule has 0 aromatic heterocycles. The number of hydrogen-bond donors (Lipinski definition) is 1. The molecule has 24 heavy (non-hydrogen) atoms. The van der Waals surface area contributed by atoms with E-state index < -0.39 is 6.10 Å². The highest BCUT2D eigenvalue weighted by Crippen LogP contribution is 2.24. The normalized spacial score (nSPS) is 18.6. The third kappa shape index (κ3) is 6.42. The summed E-state index contributed by atoms with van der Waals surface area (Å²) in [6.07, 6.45) is 1.84. The van der Waals surface area contributed by atoms with Crippen LogP contribution in [0.1, 0.15) is 44.7 Å². The Hall–Kier alpha value is -1.10. The number of hydrogen-bond acceptors (Lipinski definition) is 4. The van der Waals surface area contributed by atoms with Gasteiger partial charge in [-0.05, 0) is 64.7 Å². The molecule has 0 aliphatic carbocycles. The average Bonchev–Trinajstić information content (AvgIpc) is 2.50. The zero-order valence-electron chi connectivity index (χ0n) is 15.8. The van der Waals surface area contributed by atoms with Crippen molar-refractivity contribution in [3.05, 3.63) is 29.3 Å². The van der Waals surface area contributed by atoms with E-state index in [1.165, 1.54) is 11.1 Å². The van der Waals surface area contributed by atoms with E-state index >= 15 is 0 Å². The maximum Gasteiger partial charge on any atom is 0.122 e. The third-order valence-electron chi connectivity index (χ3n) is 4.35. The van der Waals surface area contributed by atoms with Crippen LogP contribution in [0.15, 0.2) is 18.2 Å². The molecule has 1 aromatic carbocycles. The van der Waals surface area contributed by atoms with Crippen molar-refractivity contribution in [1.29, 1.82) is 0 Å². The summed E-state index contributed by atoms with van der Waals surface area (Å²) in [5.74, 6) is 1.01. The number of ether oxygens (including phenoxy) is 2. The standard InChI is InChI=1S/C20H33NO3/c1-15-6-7-16(2)19(12-15)24-18-8-10-21(11-9-18)13-17(22)14-23-20(3,4)5/h6-7,12,17-18,22H,8-11,13-14H2,1-5H3. The van der Waals surface area contributed by atoms with Crippen molar-refractivity contribution in [1.82, 2.24) is 4.90 Å². The second kappa shape index (κ2) is 8.32. The highest BCUT2D eigenvalue weighted by molar-refractivity contribution is 5.36. The predicted octanol–water partition coefficient (Wildman–Crippen LogP) is 3.32. The maximum atomic E-state index is 10.1. The summed E-state index contributed by atoms with van der Waals surface area (Å²) in [5.41, 5.74) is 2.22. The van der Waals surface area contributed by atoms with Crippen molar-refractivity contribution in [2.45, 2.75) is 65.3 Å². The molecule has 1 aliphatic rings. The maximum absolute atomic E-state index is 10.1. The third-order valence-corrected chi connectivity index (χ3v) is 4.35. The van der Waals surface area contributed by atoms with Gasteiger partial charge in [0, 0.05) is 19.6 Å². The number of rotatable bonds is 6. The lowest BCUT2D eigenvalue weighted by Gasteiger charge is -2.34. The molecule has 0 saturated carbocycles. The molecule has 4 nitrogen and oxygen atoms in total. The van der Waals surface area contributed by atoms with Gasteiger partial charge in [0.25, 0.3) is 0 Å². The van der Waals surface area contributed by atoms with Crippen LogP contribution in [-0.2, 0) is 4.74 Å². The van der Waals surface area contributed by atoms with Gasteiger partial charge < -0.3 is 19.5 Å². The molecule has 0 amide bonds. The minimum atomic E-state index is -0.430. The molecule has 1 aliphatic heterocycles. The molecule has 1 fully saturated rings. The molecule has 0 bridgehead atoms. The van der Waals surface area contributed by atoms with Crippen LogP contribution in [0, 0.1) is 13.8 Å². The minimum Gasteiger partial charge on any atom is -0.490 e. The first-order chi connectivity index (χ1) is 11.2. The molecule has 1 atom stereocenters. The van der Waals surface area contributed by atoms with Gasteiger partial charge in [-0.1, -0.05) is 12.1 Å². The van der Waals surface area contributed by atoms with Gasteiger partial charge in [0.2, 0.25) is 0 Å². The largest absolute Gasteiger partial charge is 0.490 e. The lowest BCUT2D eigenvalue weighted by atomic mass is 10.1.